The van der Waals surface area contributed by atoms with Crippen LogP contribution in [0.3, 0.4) is 0 Å². The van der Waals surface area contributed by atoms with Crippen LogP contribution in [0.25, 0.3) is 0 Å². The Bertz CT molecular complexity index is 329. The third-order valence-electron chi connectivity index (χ3n) is 1.82. The molecule has 0 saturated carbocycles. The molecule has 0 radical (unpaired) electrons. The summed E-state index contributed by atoms with van der Waals surface area (Å²) in [4.78, 5) is 9.50. The summed E-state index contributed by atoms with van der Waals surface area (Å²) in [6.45, 7) is 1.48. The first-order valence-corrected chi connectivity index (χ1v) is 5.61. The average Bonchev–Trinajstić information content (AvgIpc) is 2.18. The Hall–Kier alpha value is -0.635. The van der Waals surface area contributed by atoms with Gasteiger partial charge in [0.05, 0.1) is 0 Å². The van der Waals surface area contributed by atoms with Gasteiger partial charge in [0.15, 0.2) is 0 Å². The summed E-state index contributed by atoms with van der Waals surface area (Å²) < 4.78 is 0. The fourth-order valence-corrected chi connectivity index (χ4v) is 0.908. The second-order valence-corrected chi connectivity index (χ2v) is 4.30. The molecule has 88 valence electrons. The lowest BCUT2D eigenvalue weighted by atomic mass is 9.94. The summed E-state index contributed by atoms with van der Waals surface area (Å²) >= 11 is 1.45. The number of carboxylic acids is 1. The quantitative estimate of drug-likeness (QED) is 0.460. The van der Waals surface area contributed by atoms with E-state index >= 15 is 0 Å². The van der Waals surface area contributed by atoms with Gasteiger partial charge in [-0.2, -0.15) is 0 Å². The topological polar surface area (TPSA) is 104 Å². The predicted molar refractivity (Wildman–Crippen MR) is 69.8 cm³/mol. The lowest BCUT2D eigenvalue weighted by Gasteiger charge is -2.18. The van der Waals surface area contributed by atoms with Crippen molar-refractivity contribution in [3.05, 3.63) is 35.9 Å². The number of nitrogens with two attached hydrogens (primary N) is 1. The summed E-state index contributed by atoms with van der Waals surface area (Å²) in [5, 5.41) is 24.0. The van der Waals surface area contributed by atoms with Crippen LogP contribution in [-0.2, 0) is 10.3 Å². The highest BCUT2D eigenvalue weighted by atomic mass is 127. The summed E-state index contributed by atoms with van der Waals surface area (Å²) in [7, 11) is 0. The average molecular weight is 337 g/mol. The first kappa shape index (κ1) is 15.4. The van der Waals surface area contributed by atoms with Crippen molar-refractivity contribution in [3.63, 3.8) is 0 Å². The van der Waals surface area contributed by atoms with Crippen LogP contribution in [0.1, 0.15) is 12.5 Å². The number of benzene rings is 1. The molecule has 0 saturated heterocycles. The number of carboxylic acid groups (broad SMARTS) is 1. The van der Waals surface area contributed by atoms with Gasteiger partial charge in [0.1, 0.15) is 5.54 Å². The van der Waals surface area contributed by atoms with Crippen molar-refractivity contribution in [1.29, 1.82) is 0 Å². The molecule has 0 amide bonds. The minimum absolute atomic E-state index is 0.609. The largest absolute Gasteiger partial charge is 0.526 e. The maximum Gasteiger partial charge on any atom is 0.526 e. The van der Waals surface area contributed by atoms with Crippen LogP contribution in [0.15, 0.2) is 30.3 Å². The van der Waals surface area contributed by atoms with E-state index in [4.69, 9.17) is 20.9 Å². The van der Waals surface area contributed by atoms with Gasteiger partial charge < -0.3 is 20.9 Å². The third kappa shape index (κ3) is 5.45. The van der Waals surface area contributed by atoms with E-state index in [1.165, 1.54) is 29.3 Å². The highest BCUT2D eigenvalue weighted by Gasteiger charge is 2.29. The molecule has 0 fully saturated rings. The molecule has 1 aromatic carbocycles. The second kappa shape index (κ2) is 6.84. The molecule has 1 aromatic rings. The fourth-order valence-electron chi connectivity index (χ4n) is 0.908. The Morgan fingerprint density at radius 2 is 1.75 bits per heavy atom. The molecule has 1 unspecified atom stereocenters. The van der Waals surface area contributed by atoms with Crippen LogP contribution < -0.4 is 5.73 Å². The maximum atomic E-state index is 10.7. The van der Waals surface area contributed by atoms with Gasteiger partial charge in [0.25, 0.3) is 0 Å². The standard InChI is InChI=1S/C9H11NO2.BH2IO2/c1-9(10,8(11)12)7-5-3-2-4-6-7;2-1(3)4/h2-6H,10H2,1H3,(H,11,12);3-4H. The molecular formula is C9H13BINO4. The Morgan fingerprint density at radius 1 is 1.38 bits per heavy atom. The molecule has 0 aromatic heterocycles. The van der Waals surface area contributed by atoms with Gasteiger partial charge in [-0.15, -0.1) is 0 Å². The lowest BCUT2D eigenvalue weighted by molar-refractivity contribution is -0.143. The molecule has 7 heteroatoms. The van der Waals surface area contributed by atoms with E-state index in [0.717, 1.165) is 0 Å². The van der Waals surface area contributed by atoms with Crippen molar-refractivity contribution in [3.8, 4) is 0 Å². The van der Waals surface area contributed by atoms with E-state index in [2.05, 4.69) is 0 Å². The zero-order valence-corrected chi connectivity index (χ0v) is 10.8. The van der Waals surface area contributed by atoms with Crippen molar-refractivity contribution < 1.29 is 19.9 Å². The molecule has 1 rings (SSSR count). The van der Waals surface area contributed by atoms with Crippen molar-refractivity contribution in [1.82, 2.24) is 0 Å². The van der Waals surface area contributed by atoms with Gasteiger partial charge in [-0.3, -0.25) is 0 Å². The minimum atomic E-state index is -1.29. The summed E-state index contributed by atoms with van der Waals surface area (Å²) in [6.07, 6.45) is 0. The molecule has 0 bridgehead atoms. The van der Waals surface area contributed by atoms with Gasteiger partial charge in [0.2, 0.25) is 0 Å². The number of aliphatic carboxylic acids is 1. The number of rotatable bonds is 2. The number of hydrogen-bond acceptors (Lipinski definition) is 4. The van der Waals surface area contributed by atoms with Crippen LogP contribution in [0.2, 0.25) is 0 Å². The van der Waals surface area contributed by atoms with E-state index in [1.54, 1.807) is 24.3 Å². The van der Waals surface area contributed by atoms with Crippen molar-refractivity contribution in [2.45, 2.75) is 12.5 Å². The van der Waals surface area contributed by atoms with E-state index in [9.17, 15) is 4.79 Å². The molecule has 0 aliphatic carbocycles. The zero-order valence-electron chi connectivity index (χ0n) is 8.67. The van der Waals surface area contributed by atoms with Crippen LogP contribution in [-0.4, -0.2) is 26.1 Å². The summed E-state index contributed by atoms with van der Waals surface area (Å²) in [6, 6.07) is 8.76. The monoisotopic (exact) mass is 337 g/mol. The first-order chi connectivity index (χ1) is 7.28. The number of carbonyl (C=O) groups is 1. The highest BCUT2D eigenvalue weighted by Crippen LogP contribution is 2.16. The maximum absolute atomic E-state index is 10.7. The molecule has 16 heavy (non-hydrogen) atoms. The van der Waals surface area contributed by atoms with E-state index in [-0.39, 0.29) is 0 Å². The Kier molecular flexibility index (Phi) is 6.57. The van der Waals surface area contributed by atoms with Crippen molar-refractivity contribution in [2.24, 2.45) is 5.73 Å². The Balaban J connectivity index is 0.000000487. The molecule has 0 aliphatic heterocycles. The van der Waals surface area contributed by atoms with Crippen molar-refractivity contribution >= 4 is 33.3 Å². The van der Waals surface area contributed by atoms with Gasteiger partial charge in [-0.25, -0.2) is 4.79 Å². The molecule has 5 nitrogen and oxygen atoms in total. The van der Waals surface area contributed by atoms with Gasteiger partial charge >= 0.3 is 10.9 Å². The molecule has 0 spiro atoms. The molecule has 0 aliphatic rings. The minimum Gasteiger partial charge on any atom is -0.480 e. The lowest BCUT2D eigenvalue weighted by Crippen LogP contribution is -2.41. The second-order valence-electron chi connectivity index (χ2n) is 3.18. The van der Waals surface area contributed by atoms with E-state index in [1.807, 2.05) is 6.07 Å². The number of hydrogen-bond donors (Lipinski definition) is 4. The zero-order chi connectivity index (χ0) is 12.8. The normalized spacial score (nSPS) is 13.1. The van der Waals surface area contributed by atoms with Crippen LogP contribution in [0.5, 0.6) is 0 Å². The Morgan fingerprint density at radius 3 is 2.06 bits per heavy atom. The predicted octanol–water partition coefficient (Wildman–Crippen LogP) is 0.336. The number of halogens is 1. The van der Waals surface area contributed by atoms with Gasteiger partial charge in [-0.1, -0.05) is 52.7 Å². The molecule has 0 heterocycles. The molecule has 5 N–H and O–H groups in total. The first-order valence-electron chi connectivity index (χ1n) is 4.36. The van der Waals surface area contributed by atoms with Crippen LogP contribution in [0, 0.1) is 0 Å². The van der Waals surface area contributed by atoms with Gasteiger partial charge in [0, 0.05) is 0 Å². The van der Waals surface area contributed by atoms with Crippen molar-refractivity contribution in [2.75, 3.05) is 0 Å². The molecular weight excluding hydrogens is 324 g/mol. The fraction of sp³-hybridized carbons (Fsp3) is 0.222. The van der Waals surface area contributed by atoms with Gasteiger partial charge in [-0.05, 0) is 12.5 Å². The smallest absolute Gasteiger partial charge is 0.480 e. The highest BCUT2D eigenvalue weighted by molar-refractivity contribution is 14.1. The van der Waals surface area contributed by atoms with E-state index < -0.39 is 16.5 Å². The van der Waals surface area contributed by atoms with Crippen LogP contribution >= 0.6 is 22.4 Å². The van der Waals surface area contributed by atoms with Crippen LogP contribution in [0.4, 0.5) is 0 Å². The summed E-state index contributed by atoms with van der Waals surface area (Å²) in [5.41, 5.74) is 4.90. The SMILES string of the molecule is CC(N)(C(=O)O)c1ccccc1.OB(O)I. The van der Waals surface area contributed by atoms with E-state index in [0.29, 0.717) is 5.56 Å². The summed E-state index contributed by atoms with van der Waals surface area (Å²) in [5.74, 6) is -1.02. The third-order valence-corrected chi connectivity index (χ3v) is 1.82. The molecule has 1 atom stereocenters. The Labute approximate surface area is 107 Å².